The Morgan fingerprint density at radius 3 is 1.23 bits per heavy atom. The van der Waals surface area contributed by atoms with Crippen LogP contribution in [0.1, 0.15) is 110 Å². The molecular weight excluding hydrogens is 1520 g/mol. The first-order chi connectivity index (χ1) is 59.8. The molecule has 1 aliphatic carbocycles. The summed E-state index contributed by atoms with van der Waals surface area (Å²) in [6.45, 7) is 12.6. The summed E-state index contributed by atoms with van der Waals surface area (Å²) in [5.74, 6) is 1.81. The Labute approximate surface area is 708 Å². The van der Waals surface area contributed by atoms with Crippen LogP contribution in [0.3, 0.4) is 0 Å². The van der Waals surface area contributed by atoms with E-state index in [1.807, 2.05) is 95.9 Å². The minimum absolute atomic E-state index is 0.119. The number of anilines is 2. The maximum atomic E-state index is 15.6. The molecule has 0 aromatic heterocycles. The van der Waals surface area contributed by atoms with Gasteiger partial charge in [0.15, 0.2) is 26.4 Å². The van der Waals surface area contributed by atoms with E-state index in [1.54, 1.807) is 0 Å². The molecule has 0 saturated heterocycles. The summed E-state index contributed by atoms with van der Waals surface area (Å²) in [4.78, 5) is 83.0. The van der Waals surface area contributed by atoms with Gasteiger partial charge in [-0.2, -0.15) is 0 Å². The molecule has 4 N–H and O–H groups in total. The number of hydrogen-bond donors (Lipinski definition) is 4. The zero-order valence-electron chi connectivity index (χ0n) is 69.1. The first-order valence-electron chi connectivity index (χ1n) is 42.7. The SMILES string of the molecule is CCN(CC)c1ccc2c(c1)Oc1cc(N(CC)CC)ccc1C21c2ccccc2C(=O)N1CCN1CCNC(=O)COc2c3cccc2Cc2cccc(c2OCC(=O)NCc2ccc4ccc5cccc6ccc2c4c56)Cc2cccc(c2OCC(=O)NCC1)Cc1cccc(c1OCC(=O)NCc1ccc2ccc4cccc5ccc1c2c45)C3. The van der Waals surface area contributed by atoms with Gasteiger partial charge in [-0.15, -0.1) is 0 Å². The van der Waals surface area contributed by atoms with Gasteiger partial charge in [0.2, 0.25) is 0 Å². The Bertz CT molecular complexity index is 6120. The highest BCUT2D eigenvalue weighted by Crippen LogP contribution is 2.59. The highest BCUT2D eigenvalue weighted by Gasteiger charge is 2.56. The molecule has 612 valence electrons. The second-order valence-corrected chi connectivity index (χ2v) is 32.3. The molecule has 1 spiro atoms. The van der Waals surface area contributed by atoms with Crippen molar-refractivity contribution in [3.8, 4) is 34.5 Å². The number of nitrogens with zero attached hydrogens (tertiary/aromatic N) is 4. The van der Waals surface area contributed by atoms with Crippen LogP contribution in [-0.4, -0.2) is 131 Å². The van der Waals surface area contributed by atoms with Gasteiger partial charge >= 0.3 is 0 Å². The average molecular weight is 1620 g/mol. The Balaban J connectivity index is 0.647. The van der Waals surface area contributed by atoms with Gasteiger partial charge < -0.3 is 59.7 Å². The standard InChI is InChI=1S/C104H96N8O10/c1-5-110(6-2)81-41-45-87-89(57-81)122-90-58-82(111(7-3)8-4)42-46-88(90)104(87)86-30-10-9-29-85(86)103(117)112(104)52-51-109-49-47-105-91(113)61-118-99-71-21-13-23-73(99)55-77-27-16-28-78(102(77)121-64-94(116)108-60-80-38-36-70-34-32-66-18-12-20-68-40-44-84(80)98(70)96(66)68)56-74-24-14-22-72(100(74)119-62-92(114)106-48-50-109)54-76-26-15-25-75(53-71)101(76)120-63-93(115)107-59-79-37-35-69-33-31-65-17-11-19-67-39-43-83(79)97(69)95(65)67/h9-46,57-58H,5-8,47-56,59-64H2,1-4H3,(H,105,113)(H,106,114)(H,107,115)(H,108,116). The number of amides is 5. The normalized spacial score (nSPS) is 14.7. The van der Waals surface area contributed by atoms with Crippen molar-refractivity contribution < 1.29 is 47.7 Å². The number of fused-ring (bicyclic) bond motifs is 18. The quantitative estimate of drug-likeness (QED) is 0.0442. The molecule has 10 bridgehead atoms. The number of para-hydroxylation sites is 4. The molecule has 5 aliphatic rings. The lowest BCUT2D eigenvalue weighted by molar-refractivity contribution is -0.124. The molecule has 0 unspecified atom stereocenters. The molecule has 122 heavy (non-hydrogen) atoms. The van der Waals surface area contributed by atoms with Crippen molar-refractivity contribution in [1.29, 1.82) is 0 Å². The summed E-state index contributed by atoms with van der Waals surface area (Å²) < 4.78 is 34.8. The van der Waals surface area contributed by atoms with Crippen LogP contribution in [0.15, 0.2) is 243 Å². The molecule has 20 rings (SSSR count). The molecule has 18 heteroatoms. The van der Waals surface area contributed by atoms with Crippen LogP contribution in [0.2, 0.25) is 0 Å². The fourth-order valence-corrected chi connectivity index (χ4v) is 19.5. The molecular formula is C104H96N8O10. The smallest absolute Gasteiger partial charge is 0.258 e. The number of benzene rings is 15. The first kappa shape index (κ1) is 78.2. The average Bonchev–Trinajstić information content (AvgIpc) is 1.49. The van der Waals surface area contributed by atoms with Gasteiger partial charge in [-0.3, -0.25) is 28.9 Å². The Kier molecular flexibility index (Phi) is 21.4. The summed E-state index contributed by atoms with van der Waals surface area (Å²) in [6.07, 6.45) is 0.989. The van der Waals surface area contributed by atoms with Crippen molar-refractivity contribution in [2.24, 2.45) is 0 Å². The van der Waals surface area contributed by atoms with E-state index in [9.17, 15) is 19.2 Å². The van der Waals surface area contributed by atoms with E-state index in [0.29, 0.717) is 59.7 Å². The lowest BCUT2D eigenvalue weighted by Gasteiger charge is -2.45. The highest BCUT2D eigenvalue weighted by molar-refractivity contribution is 6.25. The summed E-state index contributed by atoms with van der Waals surface area (Å²) in [5.41, 5.74) is 12.1. The summed E-state index contributed by atoms with van der Waals surface area (Å²) in [7, 11) is 0. The van der Waals surface area contributed by atoms with E-state index in [-0.39, 0.29) is 114 Å². The van der Waals surface area contributed by atoms with Gasteiger partial charge in [0.05, 0.1) is 0 Å². The third kappa shape index (κ3) is 14.6. The summed E-state index contributed by atoms with van der Waals surface area (Å²) in [6, 6.07) is 82.9. The Morgan fingerprint density at radius 2 is 0.803 bits per heavy atom. The van der Waals surface area contributed by atoms with Crippen molar-refractivity contribution in [1.82, 2.24) is 31.1 Å². The molecule has 0 saturated carbocycles. The largest absolute Gasteiger partial charge is 0.483 e. The summed E-state index contributed by atoms with van der Waals surface area (Å²) in [5, 5.41) is 26.6. The molecule has 0 fully saturated rings. The second kappa shape index (κ2) is 33.5. The molecule has 4 heterocycles. The molecule has 0 radical (unpaired) electrons. The zero-order valence-corrected chi connectivity index (χ0v) is 69.1. The monoisotopic (exact) mass is 1620 g/mol. The lowest BCUT2D eigenvalue weighted by Crippen LogP contribution is -2.51. The van der Waals surface area contributed by atoms with Crippen LogP contribution in [-0.2, 0) is 63.5 Å². The van der Waals surface area contributed by atoms with Crippen LogP contribution in [0.4, 0.5) is 11.4 Å². The van der Waals surface area contributed by atoms with Crippen LogP contribution in [0.25, 0.3) is 64.6 Å². The minimum Gasteiger partial charge on any atom is -0.483 e. The van der Waals surface area contributed by atoms with E-state index in [1.165, 1.54) is 21.5 Å². The van der Waals surface area contributed by atoms with Crippen molar-refractivity contribution in [2.75, 3.05) is 102 Å². The molecule has 5 amide bonds. The Hall–Kier alpha value is -13.7. The molecule has 15 aromatic carbocycles. The number of ether oxygens (including phenoxy) is 5. The van der Waals surface area contributed by atoms with Gasteiger partial charge in [-0.05, 0) is 172 Å². The van der Waals surface area contributed by atoms with E-state index < -0.39 is 5.54 Å². The number of carbonyl (C=O) groups excluding carboxylic acids is 5. The van der Waals surface area contributed by atoms with Crippen LogP contribution in [0.5, 0.6) is 34.5 Å². The lowest BCUT2D eigenvalue weighted by atomic mass is 9.74. The van der Waals surface area contributed by atoms with E-state index in [0.717, 1.165) is 153 Å². The van der Waals surface area contributed by atoms with Gasteiger partial charge in [0.1, 0.15) is 40.0 Å². The highest BCUT2D eigenvalue weighted by atomic mass is 16.5. The topological polar surface area (TPSA) is 193 Å². The van der Waals surface area contributed by atoms with Gasteiger partial charge in [-0.25, -0.2) is 0 Å². The number of rotatable bonds is 19. The first-order valence-corrected chi connectivity index (χ1v) is 42.7. The molecule has 18 nitrogen and oxygen atoms in total. The number of hydrogen-bond acceptors (Lipinski definition) is 13. The van der Waals surface area contributed by atoms with Crippen LogP contribution in [0, 0.1) is 0 Å². The van der Waals surface area contributed by atoms with Crippen molar-refractivity contribution in [2.45, 2.75) is 72.0 Å². The van der Waals surface area contributed by atoms with Gasteiger partial charge in [-0.1, -0.05) is 212 Å². The molecule has 0 atom stereocenters. The maximum absolute atomic E-state index is 15.6. The minimum atomic E-state index is -1.10. The number of carbonyl (C=O) groups is 5. The third-order valence-corrected chi connectivity index (χ3v) is 25.3. The fourth-order valence-electron chi connectivity index (χ4n) is 19.5. The number of nitrogens with one attached hydrogen (secondary N) is 4. The van der Waals surface area contributed by atoms with Gasteiger partial charge in [0, 0.05) is 144 Å². The predicted octanol–water partition coefficient (Wildman–Crippen LogP) is 17.1. The van der Waals surface area contributed by atoms with Crippen molar-refractivity contribution in [3.05, 3.63) is 321 Å². The summed E-state index contributed by atoms with van der Waals surface area (Å²) >= 11 is 0. The van der Waals surface area contributed by atoms with E-state index in [2.05, 4.69) is 215 Å². The van der Waals surface area contributed by atoms with Crippen LogP contribution < -0.4 is 54.8 Å². The second-order valence-electron chi connectivity index (χ2n) is 32.3. The molecule has 4 aliphatic heterocycles. The van der Waals surface area contributed by atoms with Crippen molar-refractivity contribution >= 4 is 106 Å². The van der Waals surface area contributed by atoms with Crippen LogP contribution >= 0.6 is 0 Å². The Morgan fingerprint density at radius 1 is 0.418 bits per heavy atom. The maximum Gasteiger partial charge on any atom is 0.258 e. The zero-order chi connectivity index (χ0) is 83.1. The van der Waals surface area contributed by atoms with E-state index >= 15 is 4.79 Å². The van der Waals surface area contributed by atoms with Crippen molar-refractivity contribution in [3.63, 3.8) is 0 Å². The fraction of sp³-hybridized carbons (Fsp3) is 0.240. The van der Waals surface area contributed by atoms with Gasteiger partial charge in [0.25, 0.3) is 29.5 Å². The van der Waals surface area contributed by atoms with E-state index in [4.69, 9.17) is 23.7 Å². The molecule has 15 aromatic rings. The predicted molar refractivity (Wildman–Crippen MR) is 483 cm³/mol. The third-order valence-electron chi connectivity index (χ3n) is 25.3.